The normalized spacial score (nSPS) is 12.5. The van der Waals surface area contributed by atoms with E-state index in [1.165, 1.54) is 10.9 Å². The lowest BCUT2D eigenvalue weighted by atomic mass is 9.88. The van der Waals surface area contributed by atoms with Gasteiger partial charge in [-0.3, -0.25) is 19.1 Å². The van der Waals surface area contributed by atoms with E-state index in [2.05, 4.69) is 10.4 Å². The van der Waals surface area contributed by atoms with Gasteiger partial charge in [0.05, 0.1) is 5.56 Å². The van der Waals surface area contributed by atoms with Gasteiger partial charge in [0.15, 0.2) is 5.78 Å². The summed E-state index contributed by atoms with van der Waals surface area (Å²) in [6.45, 7) is 0.348. The Morgan fingerprint density at radius 2 is 1.54 bits per heavy atom. The fourth-order valence-corrected chi connectivity index (χ4v) is 2.99. The predicted molar refractivity (Wildman–Crippen MR) is 93.8 cm³/mol. The number of hydrogen-bond donors (Lipinski definition) is 1. The van der Waals surface area contributed by atoms with Crippen molar-refractivity contribution in [3.8, 4) is 0 Å². The molecule has 1 heterocycles. The molecule has 0 bridgehead atoms. The van der Waals surface area contributed by atoms with Crippen molar-refractivity contribution >= 4 is 17.5 Å². The van der Waals surface area contributed by atoms with E-state index < -0.39 is 0 Å². The highest BCUT2D eigenvalue weighted by atomic mass is 16.2. The zero-order chi connectivity index (χ0) is 18.1. The molecular weight excluding hydrogens is 330 g/mol. The first-order chi connectivity index (χ1) is 12.6. The number of fused-ring (bicyclic) bond motifs is 2. The van der Waals surface area contributed by atoms with Gasteiger partial charge in [-0.05, 0) is 5.56 Å². The van der Waals surface area contributed by atoms with Crippen molar-refractivity contribution in [2.24, 2.45) is 0 Å². The van der Waals surface area contributed by atoms with Crippen LogP contribution in [0.15, 0.2) is 60.8 Å². The van der Waals surface area contributed by atoms with Gasteiger partial charge >= 0.3 is 0 Å². The van der Waals surface area contributed by atoms with Crippen LogP contribution in [0.25, 0.3) is 0 Å². The monoisotopic (exact) mass is 345 g/mol. The lowest BCUT2D eigenvalue weighted by Gasteiger charge is -2.11. The molecule has 6 nitrogen and oxygen atoms in total. The summed E-state index contributed by atoms with van der Waals surface area (Å²) < 4.78 is 1.34. The van der Waals surface area contributed by atoms with Gasteiger partial charge < -0.3 is 5.32 Å². The van der Waals surface area contributed by atoms with Crippen molar-refractivity contribution in [3.05, 3.63) is 88.7 Å². The number of aromatic nitrogens is 2. The van der Waals surface area contributed by atoms with Gasteiger partial charge in [-0.2, -0.15) is 5.10 Å². The first-order valence-electron chi connectivity index (χ1n) is 8.20. The zero-order valence-corrected chi connectivity index (χ0v) is 13.8. The molecule has 0 saturated heterocycles. The molecule has 1 aromatic heterocycles. The molecule has 0 fully saturated rings. The van der Waals surface area contributed by atoms with Crippen LogP contribution in [0.3, 0.4) is 0 Å². The van der Waals surface area contributed by atoms with Gasteiger partial charge in [-0.25, -0.2) is 0 Å². The van der Waals surface area contributed by atoms with Crippen molar-refractivity contribution in [1.29, 1.82) is 0 Å². The summed E-state index contributed by atoms with van der Waals surface area (Å²) in [5.74, 6) is -0.782. The number of amides is 1. The minimum Gasteiger partial charge on any atom is -0.350 e. The molecule has 4 rings (SSSR count). The Morgan fingerprint density at radius 1 is 0.885 bits per heavy atom. The molecule has 26 heavy (non-hydrogen) atoms. The molecule has 1 N–H and O–H groups in total. The largest absolute Gasteiger partial charge is 0.350 e. The van der Waals surface area contributed by atoms with Crippen molar-refractivity contribution in [2.75, 3.05) is 0 Å². The van der Waals surface area contributed by atoms with Gasteiger partial charge in [0.2, 0.25) is 11.7 Å². The number of carbonyl (C=O) groups excluding carboxylic acids is 3. The molecule has 1 aliphatic rings. The quantitative estimate of drug-likeness (QED) is 0.613. The Bertz CT molecular complexity index is 969. The number of hydrogen-bond acceptors (Lipinski definition) is 4. The number of benzene rings is 2. The summed E-state index contributed by atoms with van der Waals surface area (Å²) in [5, 5.41) is 6.96. The molecule has 3 aromatic rings. The summed E-state index contributed by atoms with van der Waals surface area (Å²) in [6, 6.07) is 16.2. The molecule has 6 heteroatoms. The molecule has 2 aromatic carbocycles. The minimum atomic E-state index is -0.293. The molecule has 1 aliphatic carbocycles. The fraction of sp³-hybridized carbons (Fsp3) is 0.100. The van der Waals surface area contributed by atoms with Crippen LogP contribution in [-0.4, -0.2) is 27.3 Å². The lowest BCUT2D eigenvalue weighted by molar-refractivity contribution is -0.122. The minimum absolute atomic E-state index is 0.0588. The van der Waals surface area contributed by atoms with Gasteiger partial charge in [-0.15, -0.1) is 0 Å². The van der Waals surface area contributed by atoms with E-state index in [0.717, 1.165) is 5.56 Å². The Balaban J connectivity index is 1.51. The molecule has 0 unspecified atom stereocenters. The summed E-state index contributed by atoms with van der Waals surface area (Å²) in [5.41, 5.74) is 2.05. The number of nitrogens with one attached hydrogen (secondary N) is 1. The van der Waals surface area contributed by atoms with Crippen LogP contribution in [0.4, 0.5) is 0 Å². The van der Waals surface area contributed by atoms with Crippen molar-refractivity contribution in [3.63, 3.8) is 0 Å². The Hall–Kier alpha value is -3.54. The van der Waals surface area contributed by atoms with E-state index in [9.17, 15) is 14.4 Å². The van der Waals surface area contributed by atoms with E-state index in [4.69, 9.17) is 0 Å². The number of nitrogens with zero attached hydrogens (tertiary/aromatic N) is 2. The Labute approximate surface area is 149 Å². The average molecular weight is 345 g/mol. The van der Waals surface area contributed by atoms with Crippen molar-refractivity contribution in [1.82, 2.24) is 15.1 Å². The Morgan fingerprint density at radius 3 is 2.27 bits per heavy atom. The second-order valence-corrected chi connectivity index (χ2v) is 6.06. The molecule has 0 atom stereocenters. The zero-order valence-electron chi connectivity index (χ0n) is 13.8. The maximum atomic E-state index is 12.6. The van der Waals surface area contributed by atoms with Crippen LogP contribution in [0.1, 0.15) is 37.5 Å². The fourth-order valence-electron chi connectivity index (χ4n) is 2.99. The second-order valence-electron chi connectivity index (χ2n) is 6.06. The van der Waals surface area contributed by atoms with Gasteiger partial charge in [0, 0.05) is 23.9 Å². The van der Waals surface area contributed by atoms with Crippen molar-refractivity contribution in [2.45, 2.75) is 13.1 Å². The molecule has 1 amide bonds. The van der Waals surface area contributed by atoms with E-state index >= 15 is 0 Å². The molecular formula is C20H15N3O3. The first kappa shape index (κ1) is 16.0. The third-order valence-corrected chi connectivity index (χ3v) is 4.28. The second kappa shape index (κ2) is 6.40. The van der Waals surface area contributed by atoms with Crippen LogP contribution < -0.4 is 5.32 Å². The third kappa shape index (κ3) is 2.82. The summed E-state index contributed by atoms with van der Waals surface area (Å²) >= 11 is 0. The highest BCUT2D eigenvalue weighted by molar-refractivity contribution is 6.27. The van der Waals surface area contributed by atoms with E-state index in [1.807, 2.05) is 30.3 Å². The molecule has 0 saturated carbocycles. The highest BCUT2D eigenvalue weighted by Gasteiger charge is 2.32. The topological polar surface area (TPSA) is 81.1 Å². The van der Waals surface area contributed by atoms with E-state index in [0.29, 0.717) is 17.7 Å². The standard InChI is InChI=1S/C20H15N3O3/c24-17(21-10-13-6-2-1-3-7-13)12-23-11-16-18(22-23)20(26)15-9-5-4-8-14(15)19(16)25/h1-9,11H,10,12H2,(H,21,24). The van der Waals surface area contributed by atoms with Gasteiger partial charge in [-0.1, -0.05) is 54.6 Å². The molecule has 0 radical (unpaired) electrons. The van der Waals surface area contributed by atoms with Crippen LogP contribution in [-0.2, 0) is 17.9 Å². The van der Waals surface area contributed by atoms with Crippen molar-refractivity contribution < 1.29 is 14.4 Å². The molecule has 0 spiro atoms. The number of carbonyl (C=O) groups is 3. The molecule has 0 aliphatic heterocycles. The smallest absolute Gasteiger partial charge is 0.241 e. The van der Waals surface area contributed by atoms with E-state index in [1.54, 1.807) is 24.3 Å². The average Bonchev–Trinajstić information content (AvgIpc) is 3.09. The maximum Gasteiger partial charge on any atom is 0.241 e. The summed E-state index contributed by atoms with van der Waals surface area (Å²) in [7, 11) is 0. The summed E-state index contributed by atoms with van der Waals surface area (Å²) in [6.07, 6.45) is 1.47. The van der Waals surface area contributed by atoms with Gasteiger partial charge in [0.1, 0.15) is 12.2 Å². The van der Waals surface area contributed by atoms with Crippen LogP contribution in [0.2, 0.25) is 0 Å². The van der Waals surface area contributed by atoms with Crippen LogP contribution in [0, 0.1) is 0 Å². The predicted octanol–water partition coefficient (Wildman–Crippen LogP) is 1.97. The van der Waals surface area contributed by atoms with E-state index in [-0.39, 0.29) is 35.3 Å². The van der Waals surface area contributed by atoms with Crippen LogP contribution in [0.5, 0.6) is 0 Å². The van der Waals surface area contributed by atoms with Gasteiger partial charge in [0.25, 0.3) is 0 Å². The maximum absolute atomic E-state index is 12.6. The first-order valence-corrected chi connectivity index (χ1v) is 8.20. The number of rotatable bonds is 4. The summed E-state index contributed by atoms with van der Waals surface area (Å²) in [4.78, 5) is 37.2. The Kier molecular flexibility index (Phi) is 3.93. The third-order valence-electron chi connectivity index (χ3n) is 4.28. The lowest BCUT2D eigenvalue weighted by Crippen LogP contribution is -2.27. The molecule has 128 valence electrons. The number of ketones is 2. The SMILES string of the molecule is O=C(Cn1cc2c(n1)C(=O)c1ccccc1C2=O)NCc1ccccc1. The highest BCUT2D eigenvalue weighted by Crippen LogP contribution is 2.26. The van der Waals surface area contributed by atoms with Crippen LogP contribution >= 0.6 is 0 Å².